The average Bonchev–Trinajstić information content (AvgIpc) is 3.00. The Bertz CT molecular complexity index is 1070. The highest BCUT2D eigenvalue weighted by Gasteiger charge is 2.41. The molecule has 1 aliphatic heterocycles. The molecule has 0 fully saturated rings. The van der Waals surface area contributed by atoms with Gasteiger partial charge in [-0.3, -0.25) is 14.5 Å². The molecule has 0 aromatic heterocycles. The Kier molecular flexibility index (Phi) is 5.00. The van der Waals surface area contributed by atoms with Gasteiger partial charge in [-0.25, -0.2) is 0 Å². The van der Waals surface area contributed by atoms with Crippen molar-refractivity contribution >= 4 is 23.1 Å². The van der Waals surface area contributed by atoms with Gasteiger partial charge in [-0.1, -0.05) is 78.4 Å². The van der Waals surface area contributed by atoms with E-state index < -0.39 is 0 Å². The van der Waals surface area contributed by atoms with Gasteiger partial charge >= 0.3 is 0 Å². The first kappa shape index (κ1) is 18.7. The van der Waals surface area contributed by atoms with Crippen molar-refractivity contribution in [3.8, 4) is 0 Å². The number of benzene rings is 3. The Morgan fingerprint density at radius 2 is 1.34 bits per heavy atom. The lowest BCUT2D eigenvalue weighted by Crippen LogP contribution is -2.33. The summed E-state index contributed by atoms with van der Waals surface area (Å²) in [6.45, 7) is 2.25. The normalized spacial score (nSPS) is 13.9. The van der Waals surface area contributed by atoms with Crippen LogP contribution in [0.1, 0.15) is 16.7 Å². The zero-order chi connectivity index (χ0) is 20.4. The third kappa shape index (κ3) is 3.57. The van der Waals surface area contributed by atoms with Gasteiger partial charge in [0.15, 0.2) is 0 Å². The van der Waals surface area contributed by atoms with Gasteiger partial charge in [0.2, 0.25) is 0 Å². The molecule has 0 bridgehead atoms. The summed E-state index contributed by atoms with van der Waals surface area (Å²) >= 11 is 0. The summed E-state index contributed by atoms with van der Waals surface area (Å²) in [7, 11) is 1.83. The van der Waals surface area contributed by atoms with Gasteiger partial charge in [0.1, 0.15) is 5.70 Å². The molecule has 0 radical (unpaired) electrons. The van der Waals surface area contributed by atoms with Crippen molar-refractivity contribution in [3.05, 3.63) is 107 Å². The molecular weight excluding hydrogens is 360 g/mol. The van der Waals surface area contributed by atoms with Gasteiger partial charge in [0, 0.05) is 12.7 Å². The van der Waals surface area contributed by atoms with Crippen LogP contribution in [0.15, 0.2) is 90.6 Å². The molecule has 0 saturated heterocycles. The minimum absolute atomic E-state index is 0.250. The van der Waals surface area contributed by atoms with Gasteiger partial charge in [-0.05, 0) is 30.2 Å². The molecule has 4 nitrogen and oxygen atoms in total. The third-order valence-electron chi connectivity index (χ3n) is 5.15. The van der Waals surface area contributed by atoms with E-state index in [-0.39, 0.29) is 18.4 Å². The summed E-state index contributed by atoms with van der Waals surface area (Å²) in [5.74, 6) is -0.540. The Labute approximate surface area is 170 Å². The highest BCUT2D eigenvalue weighted by molar-refractivity contribution is 6.36. The van der Waals surface area contributed by atoms with Crippen molar-refractivity contribution in [2.24, 2.45) is 0 Å². The summed E-state index contributed by atoms with van der Waals surface area (Å²) in [6, 6.07) is 26.9. The Morgan fingerprint density at radius 3 is 1.97 bits per heavy atom. The first-order valence-electron chi connectivity index (χ1n) is 9.56. The molecule has 0 saturated carbocycles. The third-order valence-corrected chi connectivity index (χ3v) is 5.15. The number of hydrogen-bond donors (Lipinski definition) is 0. The topological polar surface area (TPSA) is 40.6 Å². The standard InChI is InChI=1S/C25H22N2O2/c1-18-13-15-20(16-14-18)22-23(26(2)21-11-7-4-8-12-21)25(29)27(24(22)28)17-19-9-5-3-6-10-19/h3-16H,17H2,1-2H3. The zero-order valence-corrected chi connectivity index (χ0v) is 16.5. The maximum absolute atomic E-state index is 13.4. The number of rotatable bonds is 5. The Hall–Kier alpha value is -3.66. The summed E-state index contributed by atoms with van der Waals surface area (Å²) in [4.78, 5) is 29.9. The number of anilines is 1. The molecule has 3 aromatic rings. The number of para-hydroxylation sites is 1. The summed E-state index contributed by atoms with van der Waals surface area (Å²) < 4.78 is 0. The van der Waals surface area contributed by atoms with Gasteiger partial charge in [-0.15, -0.1) is 0 Å². The van der Waals surface area contributed by atoms with Gasteiger partial charge < -0.3 is 4.90 Å². The molecule has 0 atom stereocenters. The molecule has 1 aliphatic rings. The van der Waals surface area contributed by atoms with Crippen LogP contribution in [0.25, 0.3) is 5.57 Å². The fraction of sp³-hybridized carbons (Fsp3) is 0.120. The Morgan fingerprint density at radius 1 is 0.759 bits per heavy atom. The monoisotopic (exact) mass is 382 g/mol. The maximum atomic E-state index is 13.4. The van der Waals surface area contributed by atoms with E-state index in [4.69, 9.17) is 0 Å². The number of amides is 2. The predicted molar refractivity (Wildman–Crippen MR) is 115 cm³/mol. The minimum atomic E-state index is -0.277. The molecule has 0 N–H and O–H groups in total. The van der Waals surface area contributed by atoms with Crippen molar-refractivity contribution in [3.63, 3.8) is 0 Å². The molecule has 0 aliphatic carbocycles. The van der Waals surface area contributed by atoms with Crippen LogP contribution in [0.5, 0.6) is 0 Å². The molecule has 2 amide bonds. The number of carbonyl (C=O) groups excluding carboxylic acids is 2. The first-order chi connectivity index (χ1) is 14.1. The van der Waals surface area contributed by atoms with E-state index in [0.29, 0.717) is 11.3 Å². The van der Waals surface area contributed by atoms with Crippen LogP contribution < -0.4 is 4.90 Å². The second kappa shape index (κ2) is 7.76. The van der Waals surface area contributed by atoms with Gasteiger partial charge in [0.25, 0.3) is 11.8 Å². The fourth-order valence-electron chi connectivity index (χ4n) is 3.55. The lowest BCUT2D eigenvalue weighted by molar-refractivity contribution is -0.137. The largest absolute Gasteiger partial charge is 0.339 e. The molecule has 0 spiro atoms. The summed E-state index contributed by atoms with van der Waals surface area (Å²) in [5.41, 5.74) is 4.47. The fourth-order valence-corrected chi connectivity index (χ4v) is 3.55. The quantitative estimate of drug-likeness (QED) is 0.614. The van der Waals surface area contributed by atoms with Crippen LogP contribution in [0, 0.1) is 6.92 Å². The molecule has 144 valence electrons. The van der Waals surface area contributed by atoms with Crippen LogP contribution in [-0.2, 0) is 16.1 Å². The van der Waals surface area contributed by atoms with E-state index in [1.54, 1.807) is 4.90 Å². The number of hydrogen-bond acceptors (Lipinski definition) is 3. The molecule has 4 heteroatoms. The van der Waals surface area contributed by atoms with Crippen LogP contribution >= 0.6 is 0 Å². The van der Waals surface area contributed by atoms with E-state index in [2.05, 4.69) is 0 Å². The molecule has 1 heterocycles. The zero-order valence-electron chi connectivity index (χ0n) is 16.5. The number of aryl methyl sites for hydroxylation is 1. The SMILES string of the molecule is Cc1ccc(C2=C(N(C)c3ccccc3)C(=O)N(Cc3ccccc3)C2=O)cc1. The average molecular weight is 382 g/mol. The van der Waals surface area contributed by atoms with Gasteiger partial charge in [0.05, 0.1) is 12.1 Å². The van der Waals surface area contributed by atoms with E-state index in [0.717, 1.165) is 22.4 Å². The lowest BCUT2D eigenvalue weighted by atomic mass is 10.0. The van der Waals surface area contributed by atoms with Gasteiger partial charge in [-0.2, -0.15) is 0 Å². The lowest BCUT2D eigenvalue weighted by Gasteiger charge is -2.21. The minimum Gasteiger partial charge on any atom is -0.339 e. The number of carbonyl (C=O) groups is 2. The highest BCUT2D eigenvalue weighted by Crippen LogP contribution is 2.34. The second-order valence-electron chi connectivity index (χ2n) is 7.17. The maximum Gasteiger partial charge on any atom is 0.278 e. The smallest absolute Gasteiger partial charge is 0.278 e. The van der Waals surface area contributed by atoms with Crippen LogP contribution in [-0.4, -0.2) is 23.8 Å². The molecule has 29 heavy (non-hydrogen) atoms. The second-order valence-corrected chi connectivity index (χ2v) is 7.17. The van der Waals surface area contributed by atoms with Crippen molar-refractivity contribution < 1.29 is 9.59 Å². The highest BCUT2D eigenvalue weighted by atomic mass is 16.2. The summed E-state index contributed by atoms with van der Waals surface area (Å²) in [5, 5.41) is 0. The van der Waals surface area contributed by atoms with E-state index in [1.807, 2.05) is 98.9 Å². The van der Waals surface area contributed by atoms with E-state index in [1.165, 1.54) is 4.90 Å². The number of imide groups is 1. The number of nitrogens with zero attached hydrogens (tertiary/aromatic N) is 2. The first-order valence-corrected chi connectivity index (χ1v) is 9.56. The van der Waals surface area contributed by atoms with E-state index >= 15 is 0 Å². The number of likely N-dealkylation sites (N-methyl/N-ethyl adjacent to an activating group) is 1. The van der Waals surface area contributed by atoms with Crippen molar-refractivity contribution in [1.82, 2.24) is 4.90 Å². The predicted octanol–water partition coefficient (Wildman–Crippen LogP) is 4.41. The van der Waals surface area contributed by atoms with Crippen LogP contribution in [0.3, 0.4) is 0 Å². The molecule has 3 aromatic carbocycles. The van der Waals surface area contributed by atoms with E-state index in [9.17, 15) is 9.59 Å². The summed E-state index contributed by atoms with van der Waals surface area (Å²) in [6.07, 6.45) is 0. The van der Waals surface area contributed by atoms with Crippen molar-refractivity contribution in [1.29, 1.82) is 0 Å². The Balaban J connectivity index is 1.79. The van der Waals surface area contributed by atoms with Crippen molar-refractivity contribution in [2.45, 2.75) is 13.5 Å². The van der Waals surface area contributed by atoms with Crippen LogP contribution in [0.2, 0.25) is 0 Å². The molecule has 0 unspecified atom stereocenters. The van der Waals surface area contributed by atoms with Crippen molar-refractivity contribution in [2.75, 3.05) is 11.9 Å². The molecular formula is C25H22N2O2. The van der Waals surface area contributed by atoms with Crippen LogP contribution in [0.4, 0.5) is 5.69 Å². The molecule has 4 rings (SSSR count).